The van der Waals surface area contributed by atoms with E-state index >= 15 is 0 Å². The number of anilines is 1. The minimum absolute atomic E-state index is 0.282. The van der Waals surface area contributed by atoms with E-state index in [1.54, 1.807) is 38.1 Å². The largest absolute Gasteiger partial charge is 0.478 e. The number of nitriles is 1. The van der Waals surface area contributed by atoms with Crippen LogP contribution in [0, 0.1) is 17.2 Å². The van der Waals surface area contributed by atoms with Crippen molar-refractivity contribution >= 4 is 33.8 Å². The lowest BCUT2D eigenvalue weighted by atomic mass is 9.88. The van der Waals surface area contributed by atoms with Gasteiger partial charge in [0.25, 0.3) is 5.91 Å². The van der Waals surface area contributed by atoms with Crippen molar-refractivity contribution < 1.29 is 9.53 Å². The first kappa shape index (κ1) is 18.8. The third kappa shape index (κ3) is 3.87. The van der Waals surface area contributed by atoms with Crippen LogP contribution in [0.15, 0.2) is 24.3 Å². The Hall–Kier alpha value is -2.03. The van der Waals surface area contributed by atoms with Gasteiger partial charge in [0.2, 0.25) is 0 Å². The Morgan fingerprint density at radius 3 is 2.73 bits per heavy atom. The average molecular weight is 389 g/mol. The molecule has 1 aliphatic rings. The lowest BCUT2D eigenvalue weighted by Gasteiger charge is -2.25. The summed E-state index contributed by atoms with van der Waals surface area (Å²) in [6.45, 7) is 5.63. The normalized spacial score (nSPS) is 16.5. The smallest absolute Gasteiger partial charge is 0.268 e. The Balaban J connectivity index is 1.79. The molecule has 0 unspecified atom stereocenters. The van der Waals surface area contributed by atoms with E-state index in [9.17, 15) is 10.1 Å². The summed E-state index contributed by atoms with van der Waals surface area (Å²) in [7, 11) is 0. The van der Waals surface area contributed by atoms with Crippen LogP contribution in [-0.2, 0) is 17.6 Å². The maximum Gasteiger partial charge on any atom is 0.268 e. The minimum atomic E-state index is -1.08. The Labute approximate surface area is 162 Å². The van der Waals surface area contributed by atoms with E-state index in [0.29, 0.717) is 27.3 Å². The Morgan fingerprint density at radius 2 is 2.08 bits per heavy atom. The summed E-state index contributed by atoms with van der Waals surface area (Å²) in [5, 5.41) is 13.7. The number of ether oxygens (including phenoxy) is 1. The molecule has 0 bridgehead atoms. The molecule has 6 heteroatoms. The molecule has 1 heterocycles. The third-order valence-corrected chi connectivity index (χ3v) is 6.01. The number of fused-ring (bicyclic) bond motifs is 1. The maximum atomic E-state index is 12.8. The van der Waals surface area contributed by atoms with Gasteiger partial charge in [0, 0.05) is 9.90 Å². The average Bonchev–Trinajstić information content (AvgIpc) is 2.92. The van der Waals surface area contributed by atoms with Crippen molar-refractivity contribution in [3.8, 4) is 11.8 Å². The van der Waals surface area contributed by atoms with Crippen molar-refractivity contribution in [1.29, 1.82) is 5.26 Å². The molecule has 1 aromatic heterocycles. The van der Waals surface area contributed by atoms with Gasteiger partial charge < -0.3 is 10.1 Å². The molecule has 3 rings (SSSR count). The number of hydrogen-bond acceptors (Lipinski definition) is 4. The molecule has 1 amide bonds. The zero-order chi connectivity index (χ0) is 18.9. The summed E-state index contributed by atoms with van der Waals surface area (Å²) in [6.07, 6.45) is 2.95. The van der Waals surface area contributed by atoms with Crippen molar-refractivity contribution in [1.82, 2.24) is 0 Å². The zero-order valence-electron chi connectivity index (χ0n) is 15.1. The molecule has 0 saturated carbocycles. The van der Waals surface area contributed by atoms with Crippen LogP contribution in [0.25, 0.3) is 0 Å². The number of nitrogens with one attached hydrogen (secondary N) is 1. The molecule has 1 aliphatic carbocycles. The van der Waals surface area contributed by atoms with Crippen molar-refractivity contribution in [3.05, 3.63) is 45.3 Å². The van der Waals surface area contributed by atoms with Crippen molar-refractivity contribution in [3.63, 3.8) is 0 Å². The van der Waals surface area contributed by atoms with Crippen LogP contribution in [0.5, 0.6) is 5.75 Å². The first-order valence-corrected chi connectivity index (χ1v) is 9.80. The van der Waals surface area contributed by atoms with Gasteiger partial charge in [0.05, 0.1) is 5.56 Å². The van der Waals surface area contributed by atoms with Gasteiger partial charge >= 0.3 is 0 Å². The van der Waals surface area contributed by atoms with Gasteiger partial charge in [0.15, 0.2) is 5.60 Å². The van der Waals surface area contributed by atoms with Gasteiger partial charge in [-0.1, -0.05) is 18.5 Å². The number of carbonyl (C=O) groups excluding carboxylic acids is 1. The molecular weight excluding hydrogens is 368 g/mol. The molecule has 0 saturated heterocycles. The number of hydrogen-bond donors (Lipinski definition) is 1. The fraction of sp³-hybridized carbons (Fsp3) is 0.400. The molecule has 0 radical (unpaired) electrons. The van der Waals surface area contributed by atoms with Crippen LogP contribution < -0.4 is 10.1 Å². The summed E-state index contributed by atoms with van der Waals surface area (Å²) in [5.41, 5.74) is 0.619. The number of nitrogens with zero attached hydrogens (tertiary/aromatic N) is 1. The predicted molar refractivity (Wildman–Crippen MR) is 105 cm³/mol. The SMILES string of the molecule is C[C@H]1CCc2c(sc(NC(=O)C(C)(C)Oc3ccc(Cl)cc3)c2C#N)C1. The van der Waals surface area contributed by atoms with E-state index in [-0.39, 0.29) is 5.91 Å². The molecular formula is C20H21ClN2O2S. The van der Waals surface area contributed by atoms with Crippen LogP contribution in [0.4, 0.5) is 5.00 Å². The standard InChI is InChI=1S/C20H21ClN2O2S/c1-12-4-9-15-16(11-22)18(26-17(15)10-12)23-19(24)20(2,3)25-14-7-5-13(21)6-8-14/h5-8,12H,4,9-10H2,1-3H3,(H,23,24)/t12-/m0/s1. The van der Waals surface area contributed by atoms with Crippen LogP contribution in [0.3, 0.4) is 0 Å². The van der Waals surface area contributed by atoms with Crippen molar-refractivity contribution in [2.45, 2.75) is 45.6 Å². The van der Waals surface area contributed by atoms with Gasteiger partial charge in [-0.3, -0.25) is 4.79 Å². The molecule has 26 heavy (non-hydrogen) atoms. The lowest BCUT2D eigenvalue weighted by molar-refractivity contribution is -0.128. The quantitative estimate of drug-likeness (QED) is 0.783. The highest BCUT2D eigenvalue weighted by Gasteiger charge is 2.32. The summed E-state index contributed by atoms with van der Waals surface area (Å²) < 4.78 is 5.83. The van der Waals surface area contributed by atoms with E-state index in [1.807, 2.05) is 0 Å². The Morgan fingerprint density at radius 1 is 1.38 bits per heavy atom. The topological polar surface area (TPSA) is 62.1 Å². The highest BCUT2D eigenvalue weighted by Crippen LogP contribution is 2.39. The minimum Gasteiger partial charge on any atom is -0.478 e. The van der Waals surface area contributed by atoms with Crippen LogP contribution >= 0.6 is 22.9 Å². The fourth-order valence-corrected chi connectivity index (χ4v) is 4.54. The van der Waals surface area contributed by atoms with Crippen molar-refractivity contribution in [2.24, 2.45) is 5.92 Å². The highest BCUT2D eigenvalue weighted by molar-refractivity contribution is 7.16. The lowest BCUT2D eigenvalue weighted by Crippen LogP contribution is -2.42. The molecule has 0 aliphatic heterocycles. The molecule has 0 fully saturated rings. The predicted octanol–water partition coefficient (Wildman–Crippen LogP) is 5.19. The summed E-state index contributed by atoms with van der Waals surface area (Å²) in [6, 6.07) is 9.15. The number of rotatable bonds is 4. The Bertz CT molecular complexity index is 865. The monoisotopic (exact) mass is 388 g/mol. The first-order chi connectivity index (χ1) is 12.3. The summed E-state index contributed by atoms with van der Waals surface area (Å²) in [5.74, 6) is 0.894. The molecule has 2 aromatic rings. The number of halogens is 1. The maximum absolute atomic E-state index is 12.8. The van der Waals surface area contributed by atoms with E-state index in [1.165, 1.54) is 16.2 Å². The molecule has 1 aromatic carbocycles. The van der Waals surface area contributed by atoms with Gasteiger partial charge in [0.1, 0.15) is 16.8 Å². The second-order valence-electron chi connectivity index (χ2n) is 7.19. The molecule has 136 valence electrons. The van der Waals surface area contributed by atoms with E-state index in [0.717, 1.165) is 24.8 Å². The Kier molecular flexibility index (Phi) is 5.27. The zero-order valence-corrected chi connectivity index (χ0v) is 16.6. The van der Waals surface area contributed by atoms with E-state index < -0.39 is 5.60 Å². The van der Waals surface area contributed by atoms with E-state index in [4.69, 9.17) is 16.3 Å². The van der Waals surface area contributed by atoms with Gasteiger partial charge in [-0.05, 0) is 68.9 Å². The fourth-order valence-electron chi connectivity index (χ4n) is 3.05. The number of thiophene rings is 1. The second kappa shape index (κ2) is 7.30. The van der Waals surface area contributed by atoms with Crippen LogP contribution in [-0.4, -0.2) is 11.5 Å². The third-order valence-electron chi connectivity index (χ3n) is 4.58. The number of amides is 1. The number of benzene rings is 1. The highest BCUT2D eigenvalue weighted by atomic mass is 35.5. The van der Waals surface area contributed by atoms with Crippen LogP contribution in [0.2, 0.25) is 5.02 Å². The van der Waals surface area contributed by atoms with E-state index in [2.05, 4.69) is 18.3 Å². The van der Waals surface area contributed by atoms with Crippen LogP contribution in [0.1, 0.15) is 43.2 Å². The molecule has 1 atom stereocenters. The molecule has 4 nitrogen and oxygen atoms in total. The second-order valence-corrected chi connectivity index (χ2v) is 8.73. The summed E-state index contributed by atoms with van der Waals surface area (Å²) >= 11 is 7.40. The van der Waals surface area contributed by atoms with Gasteiger partial charge in [-0.25, -0.2) is 0 Å². The summed E-state index contributed by atoms with van der Waals surface area (Å²) in [4.78, 5) is 14.0. The molecule has 0 spiro atoms. The van der Waals surface area contributed by atoms with Gasteiger partial charge in [-0.15, -0.1) is 11.3 Å². The van der Waals surface area contributed by atoms with Gasteiger partial charge in [-0.2, -0.15) is 5.26 Å². The molecule has 1 N–H and O–H groups in total. The number of carbonyl (C=O) groups is 1. The van der Waals surface area contributed by atoms with Crippen molar-refractivity contribution in [2.75, 3.05) is 5.32 Å². The first-order valence-electron chi connectivity index (χ1n) is 8.61.